The van der Waals surface area contributed by atoms with Gasteiger partial charge in [0.1, 0.15) is 0 Å². The zero-order valence-electron chi connectivity index (χ0n) is 10.2. The topological polar surface area (TPSA) is 167 Å². The number of rotatable bonds is 3. The first-order chi connectivity index (χ1) is 9.04. The summed E-state index contributed by atoms with van der Waals surface area (Å²) < 4.78 is 13.5. The number of nitrogens with two attached hydrogens (primary N) is 2. The molecule has 0 radical (unpaired) electrons. The third-order valence-corrected chi connectivity index (χ3v) is 2.81. The molecule has 0 fully saturated rings. The highest BCUT2D eigenvalue weighted by atomic mass is 35.5. The molecule has 0 aliphatic rings. The van der Waals surface area contributed by atoms with E-state index in [0.717, 1.165) is 5.56 Å². The lowest BCUT2D eigenvalue weighted by atomic mass is 10.2. The summed E-state index contributed by atoms with van der Waals surface area (Å²) in [6.45, 7) is 0. The highest BCUT2D eigenvalue weighted by Gasteiger charge is 2.09. The Morgan fingerprint density at radius 2 is 2.05 bits per heavy atom. The normalized spacial score (nSPS) is 10.4. The number of benzene rings is 1. The van der Waals surface area contributed by atoms with Crippen LogP contribution in [-0.2, 0) is 10.3 Å². The van der Waals surface area contributed by atoms with Crippen LogP contribution in [-0.4, -0.2) is 17.4 Å². The molecular weight excluding hydrogens is 331 g/mol. The molecule has 5 N–H and O–H groups in total. The Balaban J connectivity index is 0.000000621. The van der Waals surface area contributed by atoms with Gasteiger partial charge in [-0.25, -0.2) is 0 Å². The molecule has 0 aromatic heterocycles. The number of phenols is 1. The van der Waals surface area contributed by atoms with Crippen LogP contribution in [0.15, 0.2) is 12.1 Å². The standard InChI is InChI=1S/C9H11ClN2O2S.H3O4P/c1-14-7-3-5(4-15-9(11)12)2-6(10)8(7)13;1-5(2,3)4/h2-3,13H,4H2,1H3,(H3,11,12);(H3,1,2,3,4)/p-2. The lowest BCUT2D eigenvalue weighted by Gasteiger charge is -2.36. The zero-order valence-corrected chi connectivity index (χ0v) is 12.7. The number of ether oxygens (including phenoxy) is 1. The Morgan fingerprint density at radius 1 is 1.55 bits per heavy atom. The van der Waals surface area contributed by atoms with E-state index in [0.29, 0.717) is 11.5 Å². The summed E-state index contributed by atoms with van der Waals surface area (Å²) in [6.07, 6.45) is 0. The molecule has 20 heavy (non-hydrogen) atoms. The van der Waals surface area contributed by atoms with Crippen molar-refractivity contribution in [1.29, 1.82) is 0 Å². The molecular formula is C9H12ClN2O6PS-2. The first-order valence-electron chi connectivity index (χ1n) is 4.83. The summed E-state index contributed by atoms with van der Waals surface area (Å²) >= 11 is 7.10. The first kappa shape index (κ1) is 19.0. The van der Waals surface area contributed by atoms with Gasteiger partial charge in [0.25, 0.3) is 5.17 Å². The Hall–Kier alpha value is -0.960. The van der Waals surface area contributed by atoms with E-state index in [4.69, 9.17) is 46.7 Å². The minimum atomic E-state index is -5.39. The average molecular weight is 343 g/mol. The van der Waals surface area contributed by atoms with Gasteiger partial charge in [-0.2, -0.15) is 7.82 Å². The quantitative estimate of drug-likeness (QED) is 0.308. The van der Waals surface area contributed by atoms with E-state index in [-0.39, 0.29) is 15.9 Å². The second-order valence-electron chi connectivity index (χ2n) is 3.27. The number of halogens is 1. The smallest absolute Gasteiger partial charge is 0.300 e. The second kappa shape index (κ2) is 8.35. The van der Waals surface area contributed by atoms with Gasteiger partial charge in [0, 0.05) is 5.75 Å². The summed E-state index contributed by atoms with van der Waals surface area (Å²) in [5.41, 5.74) is 6.20. The van der Waals surface area contributed by atoms with Crippen molar-refractivity contribution in [3.63, 3.8) is 0 Å². The third kappa shape index (κ3) is 9.03. The van der Waals surface area contributed by atoms with Crippen molar-refractivity contribution in [2.75, 3.05) is 7.11 Å². The van der Waals surface area contributed by atoms with Crippen LogP contribution in [0.4, 0.5) is 0 Å². The Bertz CT molecular complexity index is 515. The third-order valence-electron chi connectivity index (χ3n) is 1.71. The van der Waals surface area contributed by atoms with Crippen LogP contribution < -0.4 is 30.6 Å². The molecule has 0 unspecified atom stereocenters. The highest BCUT2D eigenvalue weighted by molar-refractivity contribution is 8.12. The van der Waals surface area contributed by atoms with E-state index in [9.17, 15) is 5.11 Å². The summed E-state index contributed by atoms with van der Waals surface area (Å²) in [4.78, 5) is 25.6. The van der Waals surface area contributed by atoms with Gasteiger partial charge >= 0.3 is 0 Å². The van der Waals surface area contributed by atoms with E-state index in [1.54, 1.807) is 12.1 Å². The first-order valence-corrected chi connectivity index (χ1v) is 7.66. The fourth-order valence-electron chi connectivity index (χ4n) is 1.03. The molecule has 0 aliphatic heterocycles. The van der Waals surface area contributed by atoms with Gasteiger partial charge in [-0.1, -0.05) is 11.6 Å². The number of amidine groups is 1. The monoisotopic (exact) mass is 342 g/mol. The number of thioether (sulfide) groups is 1. The zero-order chi connectivity index (χ0) is 15.9. The number of hydrogen-bond donors (Lipinski definition) is 3. The maximum atomic E-state index is 9.48. The minimum Gasteiger partial charge on any atom is -0.822 e. The van der Waals surface area contributed by atoms with Crippen LogP contribution in [0.1, 0.15) is 5.56 Å². The number of phosphoric acid groups is 1. The van der Waals surface area contributed by atoms with E-state index in [1.165, 1.54) is 18.9 Å². The molecule has 0 bridgehead atoms. The Morgan fingerprint density at radius 3 is 2.45 bits per heavy atom. The minimum absolute atomic E-state index is 0.0578. The molecule has 1 rings (SSSR count). The van der Waals surface area contributed by atoms with Gasteiger partial charge in [-0.15, -0.1) is 0 Å². The predicted molar refractivity (Wildman–Crippen MR) is 69.7 cm³/mol. The molecule has 0 spiro atoms. The molecule has 0 atom stereocenters. The van der Waals surface area contributed by atoms with Crippen LogP contribution in [0.3, 0.4) is 0 Å². The van der Waals surface area contributed by atoms with E-state index in [1.807, 2.05) is 0 Å². The Labute approximate surface area is 124 Å². The largest absolute Gasteiger partial charge is 0.822 e. The van der Waals surface area contributed by atoms with Gasteiger partial charge < -0.3 is 29.1 Å². The second-order valence-corrected chi connectivity index (χ2v) is 5.62. The molecule has 1 aromatic rings. The van der Waals surface area contributed by atoms with Crippen molar-refractivity contribution in [1.82, 2.24) is 0 Å². The van der Waals surface area contributed by atoms with Crippen molar-refractivity contribution in [3.8, 4) is 11.5 Å². The van der Waals surface area contributed by atoms with Crippen LogP contribution in [0.2, 0.25) is 5.02 Å². The molecule has 0 amide bonds. The molecule has 0 heterocycles. The predicted octanol–water partition coefficient (Wildman–Crippen LogP) is -2.46. The van der Waals surface area contributed by atoms with Gasteiger partial charge in [0.2, 0.25) is 0 Å². The molecule has 8 nitrogen and oxygen atoms in total. The molecule has 11 heteroatoms. The maximum Gasteiger partial charge on any atom is 0.300 e. The van der Waals surface area contributed by atoms with Crippen LogP contribution in [0.5, 0.6) is 11.5 Å². The highest BCUT2D eigenvalue weighted by Crippen LogP contribution is 2.35. The summed E-state index contributed by atoms with van der Waals surface area (Å²) in [5.74, 6) is 0.866. The van der Waals surface area contributed by atoms with Gasteiger partial charge in [0.05, 0.1) is 12.1 Å². The van der Waals surface area contributed by atoms with Crippen molar-refractivity contribution in [3.05, 3.63) is 22.7 Å². The van der Waals surface area contributed by atoms with Gasteiger partial charge in [-0.3, -0.25) is 11.1 Å². The van der Waals surface area contributed by atoms with Gasteiger partial charge in [0.15, 0.2) is 11.5 Å². The van der Waals surface area contributed by atoms with Crippen molar-refractivity contribution in [2.45, 2.75) is 5.75 Å². The lowest BCUT2D eigenvalue weighted by Crippen LogP contribution is -2.43. The fraction of sp³-hybridized carbons (Fsp3) is 0.222. The van der Waals surface area contributed by atoms with Crippen molar-refractivity contribution >= 4 is 36.4 Å². The van der Waals surface area contributed by atoms with Crippen LogP contribution >= 0.6 is 31.2 Å². The van der Waals surface area contributed by atoms with Crippen LogP contribution in [0.25, 0.3) is 0 Å². The maximum absolute atomic E-state index is 9.48. The molecule has 114 valence electrons. The number of phenolic OH excluding ortho intramolecular Hbond substituents is 1. The van der Waals surface area contributed by atoms with E-state index < -0.39 is 7.82 Å². The summed E-state index contributed by atoms with van der Waals surface area (Å²) in [7, 11) is -3.92. The molecule has 0 saturated carbocycles. The van der Waals surface area contributed by atoms with E-state index in [2.05, 4.69) is 0 Å². The SMILES string of the molecule is COc1cc(CSC(N)=[NH2+])cc(Cl)c1O.O=P([O-])([O-])[O-]. The van der Waals surface area contributed by atoms with E-state index >= 15 is 0 Å². The summed E-state index contributed by atoms with van der Waals surface area (Å²) in [6, 6.07) is 3.34. The molecule has 0 saturated heterocycles. The van der Waals surface area contributed by atoms with Crippen molar-refractivity contribution < 1.29 is 34.5 Å². The van der Waals surface area contributed by atoms with Gasteiger partial charge in [-0.05, 0) is 29.5 Å². The lowest BCUT2D eigenvalue weighted by molar-refractivity contribution is -0.432. The summed E-state index contributed by atoms with van der Waals surface area (Å²) in [5, 5.41) is 15.3. The molecule has 0 aliphatic carbocycles. The fourth-order valence-corrected chi connectivity index (χ4v) is 1.77. The Kier molecular flexibility index (Phi) is 7.95. The average Bonchev–Trinajstić information content (AvgIpc) is 2.28. The number of aromatic hydroxyl groups is 1. The van der Waals surface area contributed by atoms with Crippen LogP contribution in [0, 0.1) is 0 Å². The number of hydrogen-bond acceptors (Lipinski definition) is 7. The van der Waals surface area contributed by atoms with Crippen molar-refractivity contribution in [2.24, 2.45) is 5.73 Å². The number of methoxy groups -OCH3 is 1. The molecule has 1 aromatic carbocycles.